The fourth-order valence-electron chi connectivity index (χ4n) is 9.17. The van der Waals surface area contributed by atoms with Crippen LogP contribution < -0.4 is 0 Å². The van der Waals surface area contributed by atoms with Gasteiger partial charge in [0, 0.05) is 0 Å². The van der Waals surface area contributed by atoms with Gasteiger partial charge in [0.15, 0.2) is 17.8 Å². The minimum atomic E-state index is -6.04. The van der Waals surface area contributed by atoms with Crippen molar-refractivity contribution >= 4 is 29.8 Å². The third kappa shape index (κ3) is 24.8. The second-order valence-electron chi connectivity index (χ2n) is 29.4. The van der Waals surface area contributed by atoms with Gasteiger partial charge < -0.3 is 49.2 Å². The van der Waals surface area contributed by atoms with Crippen molar-refractivity contribution < 1.29 is 205 Å². The van der Waals surface area contributed by atoms with Crippen molar-refractivity contribution in [3.05, 3.63) is 0 Å². The van der Waals surface area contributed by atoms with E-state index in [0.29, 0.717) is 12.8 Å². The molecule has 2 saturated carbocycles. The molecule has 0 amide bonds. The lowest BCUT2D eigenvalue weighted by atomic mass is 9.79. The molecule has 0 aromatic heterocycles. The van der Waals surface area contributed by atoms with E-state index >= 15 is 0 Å². The van der Waals surface area contributed by atoms with Crippen LogP contribution in [0.25, 0.3) is 0 Å². The predicted octanol–water partition coefficient (Wildman–Crippen LogP) is 18.8. The Kier molecular flexibility index (Phi) is 36.4. The molecule has 5 N–H and O–H groups in total. The first-order valence-electron chi connectivity index (χ1n) is 33.0. The quantitative estimate of drug-likeness (QED) is 0.0364. The molecule has 0 aromatic carbocycles. The SMILES string of the molecule is CCC(C)(C)C(=O)OC(C(C)C)C(O)(C(F)(F)F)C(F)(F)F.CCC(C)(C)C(=O)OC(C1CCCC1)C(O)(C(F)(F)F)C(F)(F)F.CCC(C)(C)C(=O)OC1(C(O)(C(F)(F)F)C(F)(F)F)CCCC1.CCC(C)(C)C(=O)OCC(O)(C(F)(F)F)C(F)(F)F.CCC(OC(=O)C(C)(C)CC)C(O)(C(F)(F)F)C(F)(F)F. The summed E-state index contributed by atoms with van der Waals surface area (Å²) in [5.41, 5.74) is -34.8. The van der Waals surface area contributed by atoms with E-state index in [4.69, 9.17) is 9.84 Å². The van der Waals surface area contributed by atoms with Crippen LogP contribution in [-0.2, 0) is 47.7 Å². The highest BCUT2D eigenvalue weighted by Crippen LogP contribution is 2.58. The predicted molar refractivity (Wildman–Crippen MR) is 321 cm³/mol. The third-order valence-corrected chi connectivity index (χ3v) is 19.1. The molecule has 3 unspecified atom stereocenters. The Balaban J connectivity index is -0.00000129. The van der Waals surface area contributed by atoms with Gasteiger partial charge >= 0.3 is 91.6 Å². The Morgan fingerprint density at radius 1 is 0.358 bits per heavy atom. The van der Waals surface area contributed by atoms with Gasteiger partial charge in [0.05, 0.1) is 27.1 Å². The van der Waals surface area contributed by atoms with Crippen LogP contribution >= 0.6 is 0 Å². The van der Waals surface area contributed by atoms with Crippen molar-refractivity contribution in [3.8, 4) is 0 Å². The van der Waals surface area contributed by atoms with Gasteiger partial charge in [-0.1, -0.05) is 68.2 Å². The lowest BCUT2D eigenvalue weighted by Gasteiger charge is -2.46. The molecule has 0 saturated heterocycles. The summed E-state index contributed by atoms with van der Waals surface area (Å²) in [5, 5.41) is 46.7. The van der Waals surface area contributed by atoms with E-state index in [1.807, 2.05) is 0 Å². The number of esters is 5. The first-order chi connectivity index (χ1) is 47.7. The summed E-state index contributed by atoms with van der Waals surface area (Å²) >= 11 is 0. The Hall–Kier alpha value is -4.95. The van der Waals surface area contributed by atoms with E-state index in [9.17, 15) is 176 Å². The van der Waals surface area contributed by atoms with Crippen LogP contribution in [0.5, 0.6) is 0 Å². The van der Waals surface area contributed by atoms with Gasteiger partial charge in [-0.05, 0) is 158 Å². The maximum atomic E-state index is 13.2. The number of hydrogen-bond acceptors (Lipinski definition) is 15. The number of alkyl halides is 30. The summed E-state index contributed by atoms with van der Waals surface area (Å²) in [6.07, 6.45) is -69.1. The fourth-order valence-corrected chi connectivity index (χ4v) is 9.17. The van der Waals surface area contributed by atoms with Crippen LogP contribution in [-0.4, -0.2) is 176 Å². The molecule has 0 aromatic rings. The van der Waals surface area contributed by atoms with Crippen molar-refractivity contribution in [1.29, 1.82) is 0 Å². The molecule has 0 radical (unpaired) electrons. The molecule has 3 atom stereocenters. The summed E-state index contributed by atoms with van der Waals surface area (Å²) in [7, 11) is 0. The smallest absolute Gasteiger partial charge is 0.430 e. The molecule has 2 aliphatic carbocycles. The highest BCUT2D eigenvalue weighted by molar-refractivity contribution is 5.78. The Morgan fingerprint density at radius 3 is 0.890 bits per heavy atom. The Bertz CT molecular complexity index is 2810. The summed E-state index contributed by atoms with van der Waals surface area (Å²) < 4.78 is 407. The summed E-state index contributed by atoms with van der Waals surface area (Å²) in [6.45, 7) is 21.8. The Morgan fingerprint density at radius 2 is 0.633 bits per heavy atom. The number of halogens is 30. The number of ether oxygens (including phenoxy) is 5. The lowest BCUT2D eigenvalue weighted by molar-refractivity contribution is -0.412. The fraction of sp³-hybridized carbons (Fsp3) is 0.922. The number of carbonyl (C=O) groups excluding carboxylic acids is 5. The van der Waals surface area contributed by atoms with Crippen molar-refractivity contribution in [2.24, 2.45) is 38.9 Å². The first kappa shape index (κ1) is 108. The van der Waals surface area contributed by atoms with E-state index in [1.165, 1.54) is 90.0 Å². The van der Waals surface area contributed by atoms with E-state index < -0.39 is 208 Å². The summed E-state index contributed by atoms with van der Waals surface area (Å²) in [6, 6.07) is 0. The van der Waals surface area contributed by atoms with Crippen LogP contribution in [0.1, 0.15) is 215 Å². The molecule has 0 heterocycles. The van der Waals surface area contributed by atoms with Crippen molar-refractivity contribution in [3.63, 3.8) is 0 Å². The number of aliphatic hydroxyl groups is 5. The monoisotopic (exact) mass is 1670 g/mol. The van der Waals surface area contributed by atoms with Gasteiger partial charge in [0.1, 0.15) is 12.7 Å². The third-order valence-electron chi connectivity index (χ3n) is 19.1. The number of hydrogen-bond donors (Lipinski definition) is 5. The lowest BCUT2D eigenvalue weighted by Crippen LogP contribution is -2.71. The minimum absolute atomic E-state index is 0.00565. The molecule has 0 bridgehead atoms. The maximum Gasteiger partial charge on any atom is 0.430 e. The number of carbonyl (C=O) groups is 5. The largest absolute Gasteiger partial charge is 0.461 e. The second-order valence-corrected chi connectivity index (χ2v) is 29.4. The van der Waals surface area contributed by atoms with Gasteiger partial charge in [-0.2, -0.15) is 132 Å². The normalized spacial score (nSPS) is 17.2. The maximum absolute atomic E-state index is 13.2. The first-order valence-corrected chi connectivity index (χ1v) is 33.0. The molecule has 0 aliphatic heterocycles. The van der Waals surface area contributed by atoms with E-state index in [0.717, 1.165) is 20.8 Å². The Labute approximate surface area is 607 Å². The van der Waals surface area contributed by atoms with Crippen molar-refractivity contribution in [2.45, 2.75) is 328 Å². The molecule has 650 valence electrons. The second kappa shape index (κ2) is 36.7. The molecule has 2 aliphatic rings. The molecule has 2 rings (SSSR count). The zero-order chi connectivity index (χ0) is 88.4. The number of rotatable bonds is 23. The molecule has 15 nitrogen and oxygen atoms in total. The average Bonchev–Trinajstić information content (AvgIpc) is 1.64. The van der Waals surface area contributed by atoms with E-state index in [2.05, 4.69) is 18.9 Å². The molecular weight excluding hydrogens is 1580 g/mol. The van der Waals surface area contributed by atoms with Crippen LogP contribution in [0, 0.1) is 38.9 Å². The molecule has 2 fully saturated rings. The van der Waals surface area contributed by atoms with Gasteiger partial charge in [0.25, 0.3) is 28.0 Å². The van der Waals surface area contributed by atoms with Gasteiger partial charge in [-0.25, -0.2) is 0 Å². The highest BCUT2D eigenvalue weighted by atomic mass is 19.5. The summed E-state index contributed by atoms with van der Waals surface area (Å²) in [5.74, 6) is -8.70. The standard InChI is InChI=1S/C15H22F6O3.C14H20F6O3.C13H20F6O3.C12H18F6O3.C10H14F6O3/c1-4-12(2,3)11(22)24-10(9-7-5-6-8-9)13(23,14(16,17)18)15(19,20)21;1-4-10(2,3)9(21)23-11(7-5-6-8-11)12(22,13(15,16)17)14(18,19)20;1-6-10(4,5)9(20)22-8(7(2)3)11(21,12(14,15)16)13(17,18)19;1-5-7(21-8(19)9(3,4)6-2)10(20,11(13,14)15)12(16,17)18;1-4-7(2,3)6(17)19-5-8(18,9(11,12)13)10(14,15)16/h9-10,23H,4-8H2,1-3H3;22H,4-8H2,1-3H3;7-8,21H,6H2,1-5H3;7,20H,5-6H2,1-4H3;18H,4-5H2,1-3H3. The van der Waals surface area contributed by atoms with Gasteiger partial charge in [-0.3, -0.25) is 24.0 Å². The van der Waals surface area contributed by atoms with E-state index in [1.54, 1.807) is 13.8 Å². The van der Waals surface area contributed by atoms with Crippen molar-refractivity contribution in [1.82, 2.24) is 0 Å². The van der Waals surface area contributed by atoms with Crippen LogP contribution in [0.4, 0.5) is 132 Å². The van der Waals surface area contributed by atoms with Crippen LogP contribution in [0.3, 0.4) is 0 Å². The minimum Gasteiger partial charge on any atom is -0.461 e. The average molecular weight is 1670 g/mol. The van der Waals surface area contributed by atoms with Gasteiger partial charge in [-0.15, -0.1) is 0 Å². The van der Waals surface area contributed by atoms with E-state index in [-0.39, 0.29) is 57.8 Å². The van der Waals surface area contributed by atoms with Gasteiger partial charge in [0.2, 0.25) is 0 Å². The molecule has 0 spiro atoms. The summed E-state index contributed by atoms with van der Waals surface area (Å²) in [4.78, 5) is 59.1. The molecular formula is C64H94F30O15. The zero-order valence-electron chi connectivity index (χ0n) is 62.2. The molecule has 109 heavy (non-hydrogen) atoms. The molecule has 45 heteroatoms. The highest BCUT2D eigenvalue weighted by Gasteiger charge is 2.83. The van der Waals surface area contributed by atoms with Crippen LogP contribution in [0.15, 0.2) is 0 Å². The van der Waals surface area contributed by atoms with Crippen LogP contribution in [0.2, 0.25) is 0 Å². The van der Waals surface area contributed by atoms with Crippen molar-refractivity contribution in [2.75, 3.05) is 6.61 Å². The topological polar surface area (TPSA) is 233 Å². The zero-order valence-corrected chi connectivity index (χ0v) is 62.2.